The monoisotopic (exact) mass is 332 g/mol. The summed E-state index contributed by atoms with van der Waals surface area (Å²) in [6.07, 6.45) is 6.31. The molecule has 1 aliphatic carbocycles. The van der Waals surface area contributed by atoms with Gasteiger partial charge in [0.25, 0.3) is 0 Å². The molecule has 0 radical (unpaired) electrons. The molecule has 0 spiro atoms. The van der Waals surface area contributed by atoms with Crippen molar-refractivity contribution >= 4 is 10.0 Å². The third-order valence-electron chi connectivity index (χ3n) is 5.10. The van der Waals surface area contributed by atoms with E-state index in [-0.39, 0.29) is 12.1 Å². The molecular weight excluding hydrogens is 300 g/mol. The molecule has 0 aromatic heterocycles. The van der Waals surface area contributed by atoms with Gasteiger partial charge in [0.2, 0.25) is 10.0 Å². The first kappa shape index (κ1) is 18.2. The van der Waals surface area contributed by atoms with Crippen LogP contribution in [0.3, 0.4) is 0 Å². The standard InChI is InChI=1S/C16H32N2O3S/c1-3-16-12-18(10-9-17(16)11-14(2)19)22(20,21)13-15-7-5-4-6-8-15/h14-16,19H,3-13H2,1-2H3/t14-,16+/m0/s1. The fraction of sp³-hybridized carbons (Fsp3) is 1.00. The molecule has 0 bridgehead atoms. The maximum atomic E-state index is 12.7. The van der Waals surface area contributed by atoms with Gasteiger partial charge in [0.1, 0.15) is 0 Å². The Bertz CT molecular complexity index is 433. The van der Waals surface area contributed by atoms with Crippen molar-refractivity contribution in [3.63, 3.8) is 0 Å². The molecule has 5 nitrogen and oxygen atoms in total. The van der Waals surface area contributed by atoms with Crippen LogP contribution in [0.15, 0.2) is 0 Å². The molecule has 0 amide bonds. The lowest BCUT2D eigenvalue weighted by Gasteiger charge is -2.41. The molecular formula is C16H32N2O3S. The Morgan fingerprint density at radius 3 is 2.45 bits per heavy atom. The molecule has 6 heteroatoms. The molecule has 1 heterocycles. The molecule has 2 fully saturated rings. The van der Waals surface area contributed by atoms with E-state index in [2.05, 4.69) is 11.8 Å². The van der Waals surface area contributed by atoms with Gasteiger partial charge in [0.05, 0.1) is 11.9 Å². The average molecular weight is 333 g/mol. The minimum absolute atomic E-state index is 0.226. The largest absolute Gasteiger partial charge is 0.392 e. The quantitative estimate of drug-likeness (QED) is 0.804. The number of hydrogen-bond donors (Lipinski definition) is 1. The van der Waals surface area contributed by atoms with Gasteiger partial charge in [-0.1, -0.05) is 26.2 Å². The van der Waals surface area contributed by atoms with E-state index >= 15 is 0 Å². The summed E-state index contributed by atoms with van der Waals surface area (Å²) in [5.41, 5.74) is 0. The average Bonchev–Trinajstić information content (AvgIpc) is 2.47. The van der Waals surface area contributed by atoms with Gasteiger partial charge < -0.3 is 5.11 Å². The van der Waals surface area contributed by atoms with Gasteiger partial charge in [-0.2, -0.15) is 4.31 Å². The SMILES string of the molecule is CC[C@@H]1CN(S(=O)(=O)CC2CCCCC2)CCN1C[C@H](C)O. The third-order valence-corrected chi connectivity index (χ3v) is 7.11. The Morgan fingerprint density at radius 1 is 1.18 bits per heavy atom. The van der Waals surface area contributed by atoms with E-state index in [4.69, 9.17) is 0 Å². The predicted octanol–water partition coefficient (Wildman–Crippen LogP) is 1.67. The number of sulfonamides is 1. The minimum atomic E-state index is -3.13. The van der Waals surface area contributed by atoms with Crippen molar-refractivity contribution in [3.8, 4) is 0 Å². The van der Waals surface area contributed by atoms with Crippen molar-refractivity contribution in [2.45, 2.75) is 64.5 Å². The van der Waals surface area contributed by atoms with Gasteiger partial charge in [0, 0.05) is 32.2 Å². The number of aliphatic hydroxyl groups excluding tert-OH is 1. The zero-order chi connectivity index (χ0) is 16.2. The van der Waals surface area contributed by atoms with Crippen LogP contribution in [-0.4, -0.2) is 66.8 Å². The van der Waals surface area contributed by atoms with Crippen LogP contribution in [0.5, 0.6) is 0 Å². The lowest BCUT2D eigenvalue weighted by Crippen LogP contribution is -2.56. The summed E-state index contributed by atoms with van der Waals surface area (Å²) in [5.74, 6) is 0.689. The van der Waals surface area contributed by atoms with Crippen molar-refractivity contribution < 1.29 is 13.5 Å². The highest BCUT2D eigenvalue weighted by Crippen LogP contribution is 2.26. The Labute approximate surface area is 135 Å². The maximum Gasteiger partial charge on any atom is 0.214 e. The number of hydrogen-bond acceptors (Lipinski definition) is 4. The number of nitrogens with zero attached hydrogens (tertiary/aromatic N) is 2. The third kappa shape index (κ3) is 4.91. The highest BCUT2D eigenvalue weighted by Gasteiger charge is 2.34. The van der Waals surface area contributed by atoms with E-state index < -0.39 is 10.0 Å². The van der Waals surface area contributed by atoms with E-state index in [0.29, 0.717) is 31.3 Å². The van der Waals surface area contributed by atoms with Gasteiger partial charge in [0.15, 0.2) is 0 Å². The summed E-state index contributed by atoms with van der Waals surface area (Å²) < 4.78 is 27.1. The Morgan fingerprint density at radius 2 is 1.86 bits per heavy atom. The van der Waals surface area contributed by atoms with Crippen LogP contribution in [0.1, 0.15) is 52.4 Å². The zero-order valence-corrected chi connectivity index (χ0v) is 14.9. The summed E-state index contributed by atoms with van der Waals surface area (Å²) in [6, 6.07) is 0.226. The van der Waals surface area contributed by atoms with E-state index in [1.807, 2.05) is 0 Å². The van der Waals surface area contributed by atoms with Gasteiger partial charge in [-0.3, -0.25) is 4.90 Å². The van der Waals surface area contributed by atoms with Crippen LogP contribution in [0.2, 0.25) is 0 Å². The van der Waals surface area contributed by atoms with Crippen LogP contribution < -0.4 is 0 Å². The van der Waals surface area contributed by atoms with Crippen LogP contribution in [-0.2, 0) is 10.0 Å². The smallest absolute Gasteiger partial charge is 0.214 e. The molecule has 0 unspecified atom stereocenters. The fourth-order valence-corrected chi connectivity index (χ4v) is 5.74. The van der Waals surface area contributed by atoms with Crippen molar-refractivity contribution in [2.24, 2.45) is 5.92 Å². The minimum Gasteiger partial charge on any atom is -0.392 e. The lowest BCUT2D eigenvalue weighted by molar-refractivity contribution is 0.0612. The highest BCUT2D eigenvalue weighted by molar-refractivity contribution is 7.89. The normalized spacial score (nSPS) is 27.9. The zero-order valence-electron chi connectivity index (χ0n) is 14.1. The fourth-order valence-electron chi connectivity index (χ4n) is 3.84. The number of β-amino-alcohol motifs (C(OH)–C–C–N with tert-alkyl or cyclic N) is 1. The molecule has 1 aliphatic heterocycles. The van der Waals surface area contributed by atoms with Crippen LogP contribution in [0, 0.1) is 5.92 Å². The van der Waals surface area contributed by atoms with E-state index in [1.54, 1.807) is 11.2 Å². The first-order chi connectivity index (χ1) is 10.4. The molecule has 2 rings (SSSR count). The second-order valence-electron chi connectivity index (χ2n) is 7.05. The summed E-state index contributed by atoms with van der Waals surface area (Å²) in [7, 11) is -3.13. The van der Waals surface area contributed by atoms with Crippen LogP contribution in [0.25, 0.3) is 0 Å². The maximum absolute atomic E-state index is 12.7. The number of rotatable bonds is 6. The Hall–Kier alpha value is -0.170. The molecule has 2 atom stereocenters. The molecule has 2 aliphatic rings. The second kappa shape index (κ2) is 8.08. The summed E-state index contributed by atoms with van der Waals surface area (Å²) >= 11 is 0. The molecule has 22 heavy (non-hydrogen) atoms. The molecule has 1 N–H and O–H groups in total. The lowest BCUT2D eigenvalue weighted by atomic mass is 9.91. The van der Waals surface area contributed by atoms with E-state index in [1.165, 1.54) is 19.3 Å². The van der Waals surface area contributed by atoms with Gasteiger partial charge in [-0.15, -0.1) is 0 Å². The molecule has 1 saturated heterocycles. The first-order valence-electron chi connectivity index (χ1n) is 8.82. The van der Waals surface area contributed by atoms with Crippen molar-refractivity contribution in [3.05, 3.63) is 0 Å². The van der Waals surface area contributed by atoms with Crippen molar-refractivity contribution in [2.75, 3.05) is 31.9 Å². The second-order valence-corrected chi connectivity index (χ2v) is 9.06. The van der Waals surface area contributed by atoms with Crippen LogP contribution >= 0.6 is 0 Å². The number of aliphatic hydroxyl groups is 1. The summed E-state index contributed by atoms with van der Waals surface area (Å²) in [5, 5.41) is 9.59. The van der Waals surface area contributed by atoms with Gasteiger partial charge in [-0.25, -0.2) is 8.42 Å². The van der Waals surface area contributed by atoms with Crippen molar-refractivity contribution in [1.29, 1.82) is 0 Å². The van der Waals surface area contributed by atoms with Gasteiger partial charge in [-0.05, 0) is 32.1 Å². The molecule has 0 aromatic rings. The van der Waals surface area contributed by atoms with E-state index in [0.717, 1.165) is 25.8 Å². The molecule has 130 valence electrons. The molecule has 0 aromatic carbocycles. The Kier molecular flexibility index (Phi) is 6.68. The van der Waals surface area contributed by atoms with Crippen LogP contribution in [0.4, 0.5) is 0 Å². The summed E-state index contributed by atoms with van der Waals surface area (Å²) in [4.78, 5) is 2.23. The van der Waals surface area contributed by atoms with Gasteiger partial charge >= 0.3 is 0 Å². The predicted molar refractivity (Wildman–Crippen MR) is 89.3 cm³/mol. The Balaban J connectivity index is 1.94. The topological polar surface area (TPSA) is 60.9 Å². The van der Waals surface area contributed by atoms with Crippen molar-refractivity contribution in [1.82, 2.24) is 9.21 Å². The van der Waals surface area contributed by atoms with E-state index in [9.17, 15) is 13.5 Å². The number of piperazine rings is 1. The first-order valence-corrected chi connectivity index (χ1v) is 10.4. The highest BCUT2D eigenvalue weighted by atomic mass is 32.2. The molecule has 1 saturated carbocycles. The summed E-state index contributed by atoms with van der Waals surface area (Å²) in [6.45, 7) is 6.40.